The number of ether oxygens (including phenoxy) is 1. The number of benzene rings is 2. The molecule has 8 heteroatoms. The standard InChI is InChI=1S/C20H18N4O3S/c1-27-11-10-23(20-22-15-7-3-5-9-18(15)28-20)19(26)13-24-16-8-4-2-6-14(16)17(25)12-21-24/h2-9,12H,10-11,13H2,1H3. The second-order valence-corrected chi connectivity index (χ2v) is 7.20. The molecule has 0 aliphatic rings. The fourth-order valence-electron chi connectivity index (χ4n) is 2.99. The van der Waals surface area contributed by atoms with Gasteiger partial charge >= 0.3 is 0 Å². The van der Waals surface area contributed by atoms with Gasteiger partial charge in [-0.2, -0.15) is 5.10 Å². The summed E-state index contributed by atoms with van der Waals surface area (Å²) in [5, 5.41) is 5.31. The van der Waals surface area contributed by atoms with Crippen molar-refractivity contribution < 1.29 is 9.53 Å². The van der Waals surface area contributed by atoms with Crippen LogP contribution in [-0.4, -0.2) is 40.9 Å². The Labute approximate surface area is 164 Å². The van der Waals surface area contributed by atoms with E-state index in [0.717, 1.165) is 10.2 Å². The van der Waals surface area contributed by atoms with Crippen LogP contribution in [0.4, 0.5) is 5.13 Å². The van der Waals surface area contributed by atoms with Gasteiger partial charge in [-0.25, -0.2) is 4.98 Å². The predicted octanol–water partition coefficient (Wildman–Crippen LogP) is 2.69. The van der Waals surface area contributed by atoms with Crippen LogP contribution in [0.1, 0.15) is 0 Å². The van der Waals surface area contributed by atoms with E-state index in [9.17, 15) is 9.59 Å². The molecule has 0 atom stereocenters. The zero-order valence-electron chi connectivity index (χ0n) is 15.2. The van der Waals surface area contributed by atoms with Gasteiger partial charge in [0, 0.05) is 12.5 Å². The Morgan fingerprint density at radius 1 is 1.18 bits per heavy atom. The van der Waals surface area contributed by atoms with Gasteiger partial charge in [-0.3, -0.25) is 19.2 Å². The summed E-state index contributed by atoms with van der Waals surface area (Å²) in [6.07, 6.45) is 1.24. The van der Waals surface area contributed by atoms with E-state index in [4.69, 9.17) is 4.74 Å². The minimum Gasteiger partial charge on any atom is -0.383 e. The Morgan fingerprint density at radius 2 is 1.96 bits per heavy atom. The number of rotatable bonds is 6. The van der Waals surface area contributed by atoms with Crippen LogP contribution in [0.15, 0.2) is 59.5 Å². The molecular weight excluding hydrogens is 376 g/mol. The molecule has 0 aliphatic carbocycles. The van der Waals surface area contributed by atoms with Crippen molar-refractivity contribution in [1.29, 1.82) is 0 Å². The third kappa shape index (κ3) is 3.51. The van der Waals surface area contributed by atoms with Gasteiger partial charge in [-0.1, -0.05) is 35.6 Å². The summed E-state index contributed by atoms with van der Waals surface area (Å²) < 4.78 is 7.73. The minimum absolute atomic E-state index is 0.000429. The van der Waals surface area contributed by atoms with Crippen molar-refractivity contribution in [3.8, 4) is 0 Å². The van der Waals surface area contributed by atoms with Gasteiger partial charge in [0.2, 0.25) is 5.43 Å². The number of fused-ring (bicyclic) bond motifs is 2. The first kappa shape index (κ1) is 18.3. The van der Waals surface area contributed by atoms with Gasteiger partial charge in [0.25, 0.3) is 5.91 Å². The summed E-state index contributed by atoms with van der Waals surface area (Å²) in [6, 6.07) is 14.9. The van der Waals surface area contributed by atoms with Crippen LogP contribution in [0.3, 0.4) is 0 Å². The molecule has 2 aromatic heterocycles. The Hall–Kier alpha value is -3.10. The number of carbonyl (C=O) groups is 1. The van der Waals surface area contributed by atoms with Gasteiger partial charge in [0.05, 0.1) is 35.1 Å². The Kier molecular flexibility index (Phi) is 5.14. The van der Waals surface area contributed by atoms with Crippen molar-refractivity contribution in [2.45, 2.75) is 6.54 Å². The second kappa shape index (κ2) is 7.87. The Bertz CT molecular complexity index is 1170. The highest BCUT2D eigenvalue weighted by Gasteiger charge is 2.20. The van der Waals surface area contributed by atoms with Gasteiger partial charge in [-0.15, -0.1) is 0 Å². The maximum absolute atomic E-state index is 13.1. The first-order chi connectivity index (χ1) is 13.7. The lowest BCUT2D eigenvalue weighted by molar-refractivity contribution is -0.119. The Morgan fingerprint density at radius 3 is 2.79 bits per heavy atom. The first-order valence-electron chi connectivity index (χ1n) is 8.77. The highest BCUT2D eigenvalue weighted by atomic mass is 32.1. The number of para-hydroxylation sites is 2. The molecular formula is C20H18N4O3S. The van der Waals surface area contributed by atoms with E-state index in [2.05, 4.69) is 10.1 Å². The average Bonchev–Trinajstić information content (AvgIpc) is 3.14. The number of anilines is 1. The zero-order chi connectivity index (χ0) is 19.5. The zero-order valence-corrected chi connectivity index (χ0v) is 16.1. The van der Waals surface area contributed by atoms with E-state index in [1.54, 1.807) is 34.9 Å². The SMILES string of the molecule is COCCN(C(=O)Cn1ncc(=O)c2ccccc21)c1nc2ccccc2s1. The monoisotopic (exact) mass is 394 g/mol. The lowest BCUT2D eigenvalue weighted by Gasteiger charge is -2.20. The normalized spacial score (nSPS) is 11.2. The molecule has 0 saturated heterocycles. The number of thiazole rings is 1. The molecule has 0 bridgehead atoms. The van der Waals surface area contributed by atoms with E-state index in [0.29, 0.717) is 29.2 Å². The summed E-state index contributed by atoms with van der Waals surface area (Å²) in [4.78, 5) is 31.3. The van der Waals surface area contributed by atoms with E-state index in [-0.39, 0.29) is 17.9 Å². The molecule has 0 spiro atoms. The van der Waals surface area contributed by atoms with Crippen molar-refractivity contribution >= 4 is 43.5 Å². The largest absolute Gasteiger partial charge is 0.383 e. The first-order valence-corrected chi connectivity index (χ1v) is 9.59. The number of aromatic nitrogens is 3. The van der Waals surface area contributed by atoms with Crippen molar-refractivity contribution in [2.24, 2.45) is 0 Å². The summed E-state index contributed by atoms with van der Waals surface area (Å²) in [5.74, 6) is -0.169. The van der Waals surface area contributed by atoms with Crippen LogP contribution >= 0.6 is 11.3 Å². The lowest BCUT2D eigenvalue weighted by Crippen LogP contribution is -2.37. The summed E-state index contributed by atoms with van der Waals surface area (Å²) in [7, 11) is 1.60. The predicted molar refractivity (Wildman–Crippen MR) is 110 cm³/mol. The van der Waals surface area contributed by atoms with Gasteiger partial charge in [0.1, 0.15) is 6.54 Å². The molecule has 0 aliphatic heterocycles. The molecule has 2 heterocycles. The van der Waals surface area contributed by atoms with Crippen LogP contribution < -0.4 is 10.3 Å². The van der Waals surface area contributed by atoms with Crippen molar-refractivity contribution in [3.05, 3.63) is 65.0 Å². The van der Waals surface area contributed by atoms with E-state index in [1.165, 1.54) is 17.5 Å². The Balaban J connectivity index is 1.68. The fourth-order valence-corrected chi connectivity index (χ4v) is 3.99. The summed E-state index contributed by atoms with van der Waals surface area (Å²) in [5.41, 5.74) is 1.31. The number of hydrogen-bond donors (Lipinski definition) is 0. The van der Waals surface area contributed by atoms with E-state index in [1.807, 2.05) is 30.3 Å². The maximum Gasteiger partial charge on any atom is 0.250 e. The summed E-state index contributed by atoms with van der Waals surface area (Å²) in [6.45, 7) is 0.772. The van der Waals surface area contributed by atoms with Crippen molar-refractivity contribution in [1.82, 2.24) is 14.8 Å². The second-order valence-electron chi connectivity index (χ2n) is 6.19. The topological polar surface area (TPSA) is 77.3 Å². The summed E-state index contributed by atoms with van der Waals surface area (Å²) >= 11 is 1.46. The molecule has 28 heavy (non-hydrogen) atoms. The fraction of sp³-hybridized carbons (Fsp3) is 0.200. The smallest absolute Gasteiger partial charge is 0.250 e. The molecule has 2 aromatic carbocycles. The third-order valence-corrected chi connectivity index (χ3v) is 5.44. The molecule has 0 fully saturated rings. The number of hydrogen-bond acceptors (Lipinski definition) is 6. The molecule has 1 amide bonds. The van der Waals surface area contributed by atoms with Gasteiger partial charge < -0.3 is 4.74 Å². The molecule has 0 unspecified atom stereocenters. The van der Waals surface area contributed by atoms with Crippen LogP contribution in [0, 0.1) is 0 Å². The molecule has 7 nitrogen and oxygen atoms in total. The molecule has 0 N–H and O–H groups in total. The number of nitrogens with zero attached hydrogens (tertiary/aromatic N) is 4. The number of methoxy groups -OCH3 is 1. The van der Waals surface area contributed by atoms with Crippen molar-refractivity contribution in [3.63, 3.8) is 0 Å². The van der Waals surface area contributed by atoms with Crippen LogP contribution in [0.5, 0.6) is 0 Å². The van der Waals surface area contributed by atoms with Gasteiger partial charge in [-0.05, 0) is 24.3 Å². The van der Waals surface area contributed by atoms with Crippen molar-refractivity contribution in [2.75, 3.05) is 25.2 Å². The minimum atomic E-state index is -0.169. The number of amides is 1. The molecule has 142 valence electrons. The highest BCUT2D eigenvalue weighted by molar-refractivity contribution is 7.22. The third-order valence-electron chi connectivity index (χ3n) is 4.38. The average molecular weight is 394 g/mol. The molecule has 4 rings (SSSR count). The van der Waals surface area contributed by atoms with E-state index < -0.39 is 0 Å². The van der Waals surface area contributed by atoms with E-state index >= 15 is 0 Å². The quantitative estimate of drug-likeness (QED) is 0.502. The lowest BCUT2D eigenvalue weighted by atomic mass is 10.2. The van der Waals surface area contributed by atoms with Crippen LogP contribution in [0.25, 0.3) is 21.1 Å². The molecule has 0 radical (unpaired) electrons. The maximum atomic E-state index is 13.1. The van der Waals surface area contributed by atoms with Crippen LogP contribution in [-0.2, 0) is 16.1 Å². The van der Waals surface area contributed by atoms with Gasteiger partial charge in [0.15, 0.2) is 5.13 Å². The molecule has 4 aromatic rings. The number of carbonyl (C=O) groups excluding carboxylic acids is 1. The highest BCUT2D eigenvalue weighted by Crippen LogP contribution is 2.28. The molecule has 0 saturated carbocycles. The van der Waals surface area contributed by atoms with Crippen LogP contribution in [0.2, 0.25) is 0 Å².